The molecule has 3 heteroatoms. The Hall–Kier alpha value is -0.275. The van der Waals surface area contributed by atoms with E-state index in [4.69, 9.17) is 5.02 Å². The lowest BCUT2D eigenvalue weighted by Crippen LogP contribution is -2.21. The maximum absolute atomic E-state index is 8.92. The van der Waals surface area contributed by atoms with Gasteiger partial charge in [-0.1, -0.05) is 32.8 Å². The quantitative estimate of drug-likeness (QED) is 0.612. The van der Waals surface area contributed by atoms with Crippen molar-refractivity contribution in [3.63, 3.8) is 0 Å². The Balaban J connectivity index is 0.000000371. The van der Waals surface area contributed by atoms with Gasteiger partial charge < -0.3 is 5.02 Å². The van der Waals surface area contributed by atoms with E-state index in [1.54, 1.807) is 18.2 Å². The molecule has 0 fully saturated rings. The highest BCUT2D eigenvalue weighted by Gasteiger charge is 2.04. The van der Waals surface area contributed by atoms with Crippen LogP contribution in [0.5, 0.6) is 0 Å². The fourth-order valence-corrected chi connectivity index (χ4v) is 1.20. The molecule has 1 aromatic heterocycles. The average Bonchev–Trinajstić information content (AvgIpc) is 2.42. The topological polar surface area (TPSA) is 20.2 Å². The van der Waals surface area contributed by atoms with E-state index in [-0.39, 0.29) is 6.92 Å². The lowest BCUT2D eigenvalue weighted by Gasteiger charge is -1.89. The summed E-state index contributed by atoms with van der Waals surface area (Å²) in [6.07, 6.45) is 0. The van der Waals surface area contributed by atoms with Crippen LogP contribution in [0.15, 0.2) is 17.5 Å². The second-order valence-corrected chi connectivity index (χ2v) is 2.67. The third kappa shape index (κ3) is 3.04. The van der Waals surface area contributed by atoms with Gasteiger partial charge in [0.15, 0.2) is 0 Å². The van der Waals surface area contributed by atoms with Gasteiger partial charge in [0, 0.05) is 4.78 Å². The Morgan fingerprint density at radius 3 is 2.30 bits per heavy atom. The van der Waals surface area contributed by atoms with Crippen molar-refractivity contribution in [3.8, 4) is 0 Å². The van der Waals surface area contributed by atoms with Crippen LogP contribution in [0, 0.1) is 0 Å². The normalized spacial score (nSPS) is 8.00. The lowest BCUT2D eigenvalue weighted by molar-refractivity contribution is 0.595. The molecule has 0 unspecified atom stereocenters. The number of hydrogen-bond acceptors (Lipinski definition) is 2. The van der Waals surface area contributed by atoms with Gasteiger partial charge in [0.05, 0.1) is 0 Å². The molecule has 1 heterocycles. The summed E-state index contributed by atoms with van der Waals surface area (Å²) in [4.78, 5) is 0. The summed E-state index contributed by atoms with van der Waals surface area (Å²) in [6, 6.07) is 3.86. The number of hydrogen-bond donors (Lipinski definition) is 1. The van der Waals surface area contributed by atoms with Crippen molar-refractivity contribution in [2.24, 2.45) is 0 Å². The molecule has 1 rings (SSSR count). The summed E-state index contributed by atoms with van der Waals surface area (Å²) in [7, 11) is 0. The zero-order chi connectivity index (χ0) is 7.98. The molecule has 56 valence electrons. The van der Waals surface area contributed by atoms with Gasteiger partial charge in [0.2, 0.25) is 0 Å². The van der Waals surface area contributed by atoms with E-state index in [2.05, 4.69) is 0 Å². The first-order chi connectivity index (χ1) is 4.80. The first-order valence-corrected chi connectivity index (χ1v) is 4.40. The van der Waals surface area contributed by atoms with Crippen LogP contribution >= 0.6 is 11.3 Å². The molecule has 0 saturated heterocycles. The van der Waals surface area contributed by atoms with Gasteiger partial charge in [0.1, 0.15) is 0 Å². The smallest absolute Gasteiger partial charge is 0.330 e. The van der Waals surface area contributed by atoms with Crippen molar-refractivity contribution in [2.45, 2.75) is 20.7 Å². The molecule has 0 aromatic carbocycles. The van der Waals surface area contributed by atoms with Crippen LogP contribution in [0.2, 0.25) is 6.82 Å². The standard InChI is InChI=1S/C5H7BOS.C2H6/c1-6(7)5-3-2-4-8-5;1-2/h2-4,7H,1H3;1-2H3. The SMILES string of the molecule is CB(O)c1cccs1.CC. The minimum atomic E-state index is -0.296. The van der Waals surface area contributed by atoms with Gasteiger partial charge in [-0.05, 0) is 5.38 Å². The lowest BCUT2D eigenvalue weighted by atomic mass is 9.71. The van der Waals surface area contributed by atoms with Crippen molar-refractivity contribution < 1.29 is 5.02 Å². The molecule has 1 N–H and O–H groups in total. The Bertz CT molecular complexity index is 149. The summed E-state index contributed by atoms with van der Waals surface area (Å²) < 4.78 is 1.03. The van der Waals surface area contributed by atoms with E-state index in [0.29, 0.717) is 0 Å². The van der Waals surface area contributed by atoms with Crippen LogP contribution in [-0.4, -0.2) is 11.9 Å². The van der Waals surface area contributed by atoms with Gasteiger partial charge in [-0.25, -0.2) is 0 Å². The molecule has 0 saturated carbocycles. The van der Waals surface area contributed by atoms with E-state index in [0.717, 1.165) is 4.78 Å². The monoisotopic (exact) mass is 156 g/mol. The molecule has 0 bridgehead atoms. The molecule has 0 aliphatic heterocycles. The van der Waals surface area contributed by atoms with Crippen molar-refractivity contribution in [3.05, 3.63) is 17.5 Å². The highest BCUT2D eigenvalue weighted by Crippen LogP contribution is 1.93. The van der Waals surface area contributed by atoms with Crippen LogP contribution in [0.3, 0.4) is 0 Å². The largest absolute Gasteiger partial charge is 0.446 e. The Morgan fingerprint density at radius 2 is 2.10 bits per heavy atom. The third-order valence-electron chi connectivity index (χ3n) is 0.955. The van der Waals surface area contributed by atoms with E-state index in [1.807, 2.05) is 31.4 Å². The first-order valence-electron chi connectivity index (χ1n) is 3.52. The molecule has 1 nitrogen and oxygen atoms in total. The summed E-state index contributed by atoms with van der Waals surface area (Å²) in [5.41, 5.74) is 0. The minimum Gasteiger partial charge on any atom is -0.446 e. The Morgan fingerprint density at radius 1 is 1.50 bits per heavy atom. The third-order valence-corrected chi connectivity index (χ3v) is 2.00. The van der Waals surface area contributed by atoms with Gasteiger partial charge >= 0.3 is 6.92 Å². The van der Waals surface area contributed by atoms with Crippen LogP contribution in [0.25, 0.3) is 0 Å². The van der Waals surface area contributed by atoms with Crippen molar-refractivity contribution in [1.82, 2.24) is 0 Å². The van der Waals surface area contributed by atoms with E-state index < -0.39 is 0 Å². The summed E-state index contributed by atoms with van der Waals surface area (Å²) in [6.45, 7) is 5.47. The van der Waals surface area contributed by atoms with Gasteiger partial charge in [0.25, 0.3) is 0 Å². The van der Waals surface area contributed by atoms with E-state index in [1.165, 1.54) is 0 Å². The zero-order valence-corrected chi connectivity index (χ0v) is 7.48. The van der Waals surface area contributed by atoms with E-state index >= 15 is 0 Å². The highest BCUT2D eigenvalue weighted by atomic mass is 32.1. The molecule has 0 atom stereocenters. The maximum atomic E-state index is 8.92. The fraction of sp³-hybridized carbons (Fsp3) is 0.429. The highest BCUT2D eigenvalue weighted by molar-refractivity contribution is 7.21. The Kier molecular flexibility index (Phi) is 5.35. The first kappa shape index (κ1) is 9.72. The molecule has 0 radical (unpaired) electrons. The maximum Gasteiger partial charge on any atom is 0.330 e. The average molecular weight is 156 g/mol. The summed E-state index contributed by atoms with van der Waals surface area (Å²) in [5, 5.41) is 10.9. The molecule has 1 aromatic rings. The summed E-state index contributed by atoms with van der Waals surface area (Å²) >= 11 is 1.58. The van der Waals surface area contributed by atoms with Crippen molar-refractivity contribution in [2.75, 3.05) is 0 Å². The molecule has 0 spiro atoms. The second kappa shape index (κ2) is 5.51. The number of rotatable bonds is 1. The molecule has 0 aliphatic carbocycles. The molecule has 0 aliphatic rings. The second-order valence-electron chi connectivity index (χ2n) is 1.69. The van der Waals surface area contributed by atoms with Crippen LogP contribution in [0.1, 0.15) is 13.8 Å². The minimum absolute atomic E-state index is 0.296. The summed E-state index contributed by atoms with van der Waals surface area (Å²) in [5.74, 6) is 0. The predicted molar refractivity (Wildman–Crippen MR) is 49.1 cm³/mol. The fourth-order valence-electron chi connectivity index (χ4n) is 0.529. The molecule has 10 heavy (non-hydrogen) atoms. The van der Waals surface area contributed by atoms with E-state index in [9.17, 15) is 0 Å². The van der Waals surface area contributed by atoms with Crippen LogP contribution < -0.4 is 4.78 Å². The Labute approximate surface area is 66.8 Å². The van der Waals surface area contributed by atoms with Crippen LogP contribution in [0.4, 0.5) is 0 Å². The van der Waals surface area contributed by atoms with Crippen molar-refractivity contribution in [1.29, 1.82) is 0 Å². The molecular weight excluding hydrogens is 143 g/mol. The van der Waals surface area contributed by atoms with Crippen LogP contribution in [-0.2, 0) is 0 Å². The number of thiophene rings is 1. The van der Waals surface area contributed by atoms with Gasteiger partial charge in [-0.15, -0.1) is 0 Å². The predicted octanol–water partition coefficient (Wildman–Crippen LogP) is 1.59. The van der Waals surface area contributed by atoms with Gasteiger partial charge in [-0.3, -0.25) is 0 Å². The zero-order valence-electron chi connectivity index (χ0n) is 6.66. The molecular formula is C7H13BOS. The molecule has 0 amide bonds. The van der Waals surface area contributed by atoms with Gasteiger partial charge in [-0.2, -0.15) is 11.3 Å². The van der Waals surface area contributed by atoms with Crippen molar-refractivity contribution >= 4 is 23.0 Å².